The van der Waals surface area contributed by atoms with Gasteiger partial charge in [0, 0.05) is 26.2 Å². The number of rotatable bonds is 7. The van der Waals surface area contributed by atoms with Crippen molar-refractivity contribution in [2.45, 2.75) is 26.3 Å². The number of nitrogen functional groups attached to an aromatic ring is 1. The van der Waals surface area contributed by atoms with Gasteiger partial charge in [0.1, 0.15) is 16.9 Å². The third kappa shape index (κ3) is 4.04. The van der Waals surface area contributed by atoms with Crippen LogP contribution in [0.4, 0.5) is 5.82 Å². The number of ether oxygens (including phenoxy) is 2. The lowest BCUT2D eigenvalue weighted by atomic mass is 10.2. The number of hydrogen-bond donors (Lipinski definition) is 1. The van der Waals surface area contributed by atoms with Gasteiger partial charge in [-0.15, -0.1) is 0 Å². The number of morpholine rings is 1. The molecule has 0 unspecified atom stereocenters. The quantitative estimate of drug-likeness (QED) is 0.483. The van der Waals surface area contributed by atoms with Gasteiger partial charge >= 0.3 is 5.97 Å². The van der Waals surface area contributed by atoms with E-state index in [1.165, 1.54) is 0 Å². The molecule has 29 heavy (non-hydrogen) atoms. The molecule has 0 radical (unpaired) electrons. The van der Waals surface area contributed by atoms with Crippen LogP contribution in [0.5, 0.6) is 0 Å². The minimum absolute atomic E-state index is 0.316. The number of esters is 1. The molecule has 8 heteroatoms. The summed E-state index contributed by atoms with van der Waals surface area (Å²) >= 11 is 0. The van der Waals surface area contributed by atoms with E-state index < -0.39 is 5.97 Å². The van der Waals surface area contributed by atoms with Crippen LogP contribution < -0.4 is 5.73 Å². The third-order valence-electron chi connectivity index (χ3n) is 5.27. The molecular formula is C21H27N5O3. The first-order valence-corrected chi connectivity index (χ1v) is 10.2. The Morgan fingerprint density at radius 3 is 2.62 bits per heavy atom. The first-order chi connectivity index (χ1) is 14.2. The zero-order chi connectivity index (χ0) is 20.2. The van der Waals surface area contributed by atoms with E-state index in [-0.39, 0.29) is 0 Å². The Hall–Kier alpha value is -2.71. The molecule has 0 atom stereocenters. The summed E-state index contributed by atoms with van der Waals surface area (Å²) in [4.78, 5) is 24.6. The van der Waals surface area contributed by atoms with E-state index in [9.17, 15) is 4.79 Å². The highest BCUT2D eigenvalue weighted by Gasteiger charge is 2.25. The van der Waals surface area contributed by atoms with Crippen molar-refractivity contribution in [1.29, 1.82) is 0 Å². The van der Waals surface area contributed by atoms with Gasteiger partial charge in [-0.25, -0.2) is 14.8 Å². The Morgan fingerprint density at radius 1 is 1.17 bits per heavy atom. The Bertz CT molecular complexity index is 1010. The van der Waals surface area contributed by atoms with Crippen molar-refractivity contribution < 1.29 is 14.3 Å². The van der Waals surface area contributed by atoms with E-state index >= 15 is 0 Å². The van der Waals surface area contributed by atoms with Crippen molar-refractivity contribution in [2.75, 3.05) is 45.2 Å². The molecule has 1 aliphatic heterocycles. The van der Waals surface area contributed by atoms with Gasteiger partial charge < -0.3 is 19.8 Å². The summed E-state index contributed by atoms with van der Waals surface area (Å²) in [6, 6.07) is 7.62. The zero-order valence-electron chi connectivity index (χ0n) is 16.8. The van der Waals surface area contributed by atoms with E-state index in [1.807, 2.05) is 28.8 Å². The predicted molar refractivity (Wildman–Crippen MR) is 112 cm³/mol. The fourth-order valence-corrected chi connectivity index (χ4v) is 3.59. The summed E-state index contributed by atoms with van der Waals surface area (Å²) < 4.78 is 12.8. The van der Waals surface area contributed by atoms with Crippen LogP contribution >= 0.6 is 0 Å². The van der Waals surface area contributed by atoms with Crippen LogP contribution in [0.3, 0.4) is 0 Å². The highest BCUT2D eigenvalue weighted by Crippen LogP contribution is 2.28. The van der Waals surface area contributed by atoms with E-state index in [0.717, 1.165) is 56.7 Å². The molecule has 1 saturated heterocycles. The van der Waals surface area contributed by atoms with Crippen LogP contribution in [0.2, 0.25) is 0 Å². The lowest BCUT2D eigenvalue weighted by molar-refractivity contribution is 0.0366. The number of hydrogen-bond acceptors (Lipinski definition) is 7. The van der Waals surface area contributed by atoms with E-state index in [4.69, 9.17) is 25.2 Å². The third-order valence-corrected chi connectivity index (χ3v) is 5.27. The number of anilines is 1. The summed E-state index contributed by atoms with van der Waals surface area (Å²) in [5.74, 6) is -0.0688. The summed E-state index contributed by atoms with van der Waals surface area (Å²) in [6.07, 6.45) is 1.77. The normalized spacial score (nSPS) is 15.2. The molecule has 1 aromatic carbocycles. The molecule has 0 amide bonds. The molecule has 0 bridgehead atoms. The van der Waals surface area contributed by atoms with Gasteiger partial charge in [-0.05, 0) is 18.6 Å². The number of carbonyl (C=O) groups excluding carboxylic acids is 1. The molecule has 8 nitrogen and oxygen atoms in total. The molecule has 0 saturated carbocycles. The number of unbranched alkanes of at least 4 members (excludes halogenated alkanes) is 1. The van der Waals surface area contributed by atoms with Gasteiger partial charge in [0.2, 0.25) is 0 Å². The molecule has 2 aromatic heterocycles. The molecule has 1 aliphatic rings. The second-order valence-electron chi connectivity index (χ2n) is 7.24. The van der Waals surface area contributed by atoms with Gasteiger partial charge in [-0.1, -0.05) is 25.5 Å². The fraction of sp³-hybridized carbons (Fsp3) is 0.476. The van der Waals surface area contributed by atoms with Crippen LogP contribution in [-0.2, 0) is 16.0 Å². The first kappa shape index (κ1) is 19.6. The number of fused-ring (bicyclic) bond motifs is 2. The van der Waals surface area contributed by atoms with Crippen LogP contribution in [0.1, 0.15) is 30.1 Å². The molecule has 4 rings (SSSR count). The SMILES string of the molecule is CCCCOC(=O)c1c(N)n(CCN2CCOCC2)c2nc3ccccc3nc12. The number of nitrogens with zero attached hydrogens (tertiary/aromatic N) is 4. The predicted octanol–water partition coefficient (Wildman–Crippen LogP) is 2.46. The lowest BCUT2D eigenvalue weighted by Crippen LogP contribution is -2.38. The Kier molecular flexibility index (Phi) is 5.92. The largest absolute Gasteiger partial charge is 0.462 e. The van der Waals surface area contributed by atoms with Gasteiger partial charge in [-0.2, -0.15) is 0 Å². The Labute approximate surface area is 169 Å². The molecule has 1 fully saturated rings. The van der Waals surface area contributed by atoms with Gasteiger partial charge in [-0.3, -0.25) is 4.90 Å². The number of para-hydroxylation sites is 2. The highest BCUT2D eigenvalue weighted by atomic mass is 16.5. The highest BCUT2D eigenvalue weighted by molar-refractivity contribution is 6.08. The molecule has 154 valence electrons. The average molecular weight is 397 g/mol. The van der Waals surface area contributed by atoms with Crippen molar-refractivity contribution in [1.82, 2.24) is 19.4 Å². The summed E-state index contributed by atoms with van der Waals surface area (Å²) in [5.41, 5.74) is 9.38. The number of aromatic nitrogens is 3. The number of carbonyl (C=O) groups is 1. The maximum atomic E-state index is 12.8. The summed E-state index contributed by atoms with van der Waals surface area (Å²) in [5, 5.41) is 0. The zero-order valence-corrected chi connectivity index (χ0v) is 16.8. The molecule has 2 N–H and O–H groups in total. The minimum atomic E-state index is -0.435. The van der Waals surface area contributed by atoms with Crippen molar-refractivity contribution in [3.8, 4) is 0 Å². The van der Waals surface area contributed by atoms with Gasteiger partial charge in [0.25, 0.3) is 0 Å². The van der Waals surface area contributed by atoms with Crippen molar-refractivity contribution in [3.63, 3.8) is 0 Å². The van der Waals surface area contributed by atoms with Crippen molar-refractivity contribution in [3.05, 3.63) is 29.8 Å². The summed E-state index contributed by atoms with van der Waals surface area (Å²) in [6.45, 7) is 7.10. The molecular weight excluding hydrogens is 370 g/mol. The lowest BCUT2D eigenvalue weighted by Gasteiger charge is -2.26. The summed E-state index contributed by atoms with van der Waals surface area (Å²) in [7, 11) is 0. The van der Waals surface area contributed by atoms with Crippen LogP contribution in [0, 0.1) is 0 Å². The number of benzene rings is 1. The molecule has 0 aliphatic carbocycles. The van der Waals surface area contributed by atoms with Crippen molar-refractivity contribution in [2.24, 2.45) is 0 Å². The smallest absolute Gasteiger partial charge is 0.344 e. The van der Waals surface area contributed by atoms with Gasteiger partial charge in [0.15, 0.2) is 5.65 Å². The molecule has 3 aromatic rings. The standard InChI is InChI=1S/C21H27N5O3/c1-2-3-12-29-21(27)17-18-20(24-16-7-5-4-6-15(16)23-18)26(19(17)22)9-8-25-10-13-28-14-11-25/h4-7H,2-3,8-14,22H2,1H3. The Balaban J connectivity index is 1.73. The van der Waals surface area contributed by atoms with Gasteiger partial charge in [0.05, 0.1) is 30.9 Å². The monoisotopic (exact) mass is 397 g/mol. The van der Waals surface area contributed by atoms with Crippen LogP contribution in [0.15, 0.2) is 24.3 Å². The Morgan fingerprint density at radius 2 is 1.90 bits per heavy atom. The number of nitrogens with two attached hydrogens (primary N) is 1. The maximum Gasteiger partial charge on any atom is 0.344 e. The van der Waals surface area contributed by atoms with E-state index in [2.05, 4.69) is 11.8 Å². The van der Waals surface area contributed by atoms with E-state index in [1.54, 1.807) is 0 Å². The molecule has 0 spiro atoms. The fourth-order valence-electron chi connectivity index (χ4n) is 3.59. The minimum Gasteiger partial charge on any atom is -0.462 e. The average Bonchev–Trinajstić information content (AvgIpc) is 3.01. The van der Waals surface area contributed by atoms with E-state index in [0.29, 0.717) is 35.7 Å². The van der Waals surface area contributed by atoms with Crippen LogP contribution in [-0.4, -0.2) is 64.9 Å². The maximum absolute atomic E-state index is 12.8. The topological polar surface area (TPSA) is 95.5 Å². The molecule has 3 heterocycles. The first-order valence-electron chi connectivity index (χ1n) is 10.2. The second kappa shape index (κ2) is 8.75. The second-order valence-corrected chi connectivity index (χ2v) is 7.24. The van der Waals surface area contributed by atoms with Crippen molar-refractivity contribution >= 4 is 34.0 Å². The van der Waals surface area contributed by atoms with Crippen LogP contribution in [0.25, 0.3) is 22.2 Å².